The number of rotatable bonds is 8. The maximum atomic E-state index is 12.0. The van der Waals surface area contributed by atoms with Gasteiger partial charge >= 0.3 is 5.97 Å². The largest absolute Gasteiger partial charge is 0.497 e. The van der Waals surface area contributed by atoms with Crippen LogP contribution in [0.25, 0.3) is 6.08 Å². The van der Waals surface area contributed by atoms with E-state index in [9.17, 15) is 15.0 Å². The fraction of sp³-hybridized carbons (Fsp3) is 0.450. The van der Waals surface area contributed by atoms with E-state index in [1.54, 1.807) is 20.1 Å². The lowest BCUT2D eigenvalue weighted by Gasteiger charge is -2.24. The van der Waals surface area contributed by atoms with Gasteiger partial charge < -0.3 is 24.4 Å². The maximum absolute atomic E-state index is 12.0. The third-order valence-electron chi connectivity index (χ3n) is 4.41. The number of esters is 1. The fourth-order valence-corrected chi connectivity index (χ4v) is 2.82. The second kappa shape index (κ2) is 9.52. The zero-order valence-electron chi connectivity index (χ0n) is 15.1. The standard InChI is InChI=1S/C20H26O6/c1-4-16(21)20(23)18-11-10-17(26-18)13(2)25-19(22)12-7-14-5-8-15(24-3)9-6-14/h4-9,12-13,16-18,20-21,23H,1,10-11H2,2-3H3/b12-7+/t13-,16+,17-,18+,20+/m0/s1. The molecule has 1 aromatic rings. The van der Waals surface area contributed by atoms with Crippen LogP contribution in [0.1, 0.15) is 25.3 Å². The number of hydrogen-bond acceptors (Lipinski definition) is 6. The van der Waals surface area contributed by atoms with E-state index in [1.165, 1.54) is 12.2 Å². The van der Waals surface area contributed by atoms with Crippen molar-refractivity contribution in [2.75, 3.05) is 7.11 Å². The molecular formula is C20H26O6. The molecule has 2 rings (SSSR count). The molecule has 2 N–H and O–H groups in total. The molecule has 0 aromatic heterocycles. The lowest BCUT2D eigenvalue weighted by molar-refractivity contribution is -0.152. The average Bonchev–Trinajstić information content (AvgIpc) is 3.15. The molecule has 0 amide bonds. The van der Waals surface area contributed by atoms with Crippen molar-refractivity contribution in [1.82, 2.24) is 0 Å². The zero-order valence-corrected chi connectivity index (χ0v) is 15.1. The first kappa shape index (κ1) is 20.2. The Hall–Kier alpha value is -2.15. The second-order valence-electron chi connectivity index (χ2n) is 6.26. The summed E-state index contributed by atoms with van der Waals surface area (Å²) in [6.07, 6.45) is 2.18. The van der Waals surface area contributed by atoms with Crippen molar-refractivity contribution < 1.29 is 29.2 Å². The van der Waals surface area contributed by atoms with E-state index in [0.29, 0.717) is 12.8 Å². The molecule has 5 atom stereocenters. The Morgan fingerprint density at radius 3 is 2.54 bits per heavy atom. The Morgan fingerprint density at radius 2 is 1.92 bits per heavy atom. The SMILES string of the molecule is C=C[C@@H](O)[C@@H](O)[C@H]1CC[C@@H]([C@H](C)OC(=O)/C=C/c2ccc(OC)cc2)O1. The summed E-state index contributed by atoms with van der Waals surface area (Å²) in [7, 11) is 1.59. The predicted molar refractivity (Wildman–Crippen MR) is 97.7 cm³/mol. The third kappa shape index (κ3) is 5.42. The molecule has 1 heterocycles. The monoisotopic (exact) mass is 362 g/mol. The van der Waals surface area contributed by atoms with Gasteiger partial charge in [0.1, 0.15) is 24.1 Å². The Balaban J connectivity index is 1.83. The number of benzene rings is 1. The van der Waals surface area contributed by atoms with E-state index in [0.717, 1.165) is 11.3 Å². The van der Waals surface area contributed by atoms with Gasteiger partial charge in [0, 0.05) is 6.08 Å². The van der Waals surface area contributed by atoms with Crippen LogP contribution < -0.4 is 4.74 Å². The molecule has 6 heteroatoms. The molecule has 1 fully saturated rings. The van der Waals surface area contributed by atoms with Crippen LogP contribution in [-0.4, -0.2) is 53.8 Å². The molecule has 0 unspecified atom stereocenters. The minimum atomic E-state index is -1.04. The quantitative estimate of drug-likeness (QED) is 0.418. The molecule has 0 aliphatic carbocycles. The molecule has 1 aliphatic rings. The van der Waals surface area contributed by atoms with Crippen LogP contribution >= 0.6 is 0 Å². The topological polar surface area (TPSA) is 85.2 Å². The van der Waals surface area contributed by atoms with Gasteiger partial charge in [-0.3, -0.25) is 0 Å². The molecule has 6 nitrogen and oxygen atoms in total. The Labute approximate surface area is 153 Å². The second-order valence-corrected chi connectivity index (χ2v) is 6.26. The lowest BCUT2D eigenvalue weighted by Crippen LogP contribution is -2.37. The minimum absolute atomic E-state index is 0.315. The van der Waals surface area contributed by atoms with Crippen LogP contribution in [0.2, 0.25) is 0 Å². The number of methoxy groups -OCH3 is 1. The Morgan fingerprint density at radius 1 is 1.27 bits per heavy atom. The molecular weight excluding hydrogens is 336 g/mol. The Kier molecular flexibility index (Phi) is 7.38. The normalized spacial score (nSPS) is 23.4. The van der Waals surface area contributed by atoms with Gasteiger partial charge in [0.2, 0.25) is 0 Å². The number of aliphatic hydroxyl groups excluding tert-OH is 2. The van der Waals surface area contributed by atoms with Crippen molar-refractivity contribution in [2.45, 2.75) is 50.3 Å². The van der Waals surface area contributed by atoms with Gasteiger partial charge in [-0.15, -0.1) is 6.58 Å². The van der Waals surface area contributed by atoms with Gasteiger partial charge in [0.05, 0.1) is 19.3 Å². The van der Waals surface area contributed by atoms with Crippen molar-refractivity contribution >= 4 is 12.0 Å². The van der Waals surface area contributed by atoms with Crippen LogP contribution in [0.3, 0.4) is 0 Å². The van der Waals surface area contributed by atoms with Crippen LogP contribution in [0.15, 0.2) is 43.0 Å². The van der Waals surface area contributed by atoms with Gasteiger partial charge in [-0.05, 0) is 43.5 Å². The first-order chi connectivity index (χ1) is 12.4. The highest BCUT2D eigenvalue weighted by Crippen LogP contribution is 2.27. The van der Waals surface area contributed by atoms with Crippen molar-refractivity contribution in [1.29, 1.82) is 0 Å². The average molecular weight is 362 g/mol. The molecule has 26 heavy (non-hydrogen) atoms. The maximum Gasteiger partial charge on any atom is 0.331 e. The third-order valence-corrected chi connectivity index (χ3v) is 4.41. The first-order valence-corrected chi connectivity index (χ1v) is 8.61. The molecule has 0 saturated carbocycles. The molecule has 1 saturated heterocycles. The molecule has 1 aliphatic heterocycles. The number of ether oxygens (including phenoxy) is 3. The summed E-state index contributed by atoms with van der Waals surface area (Å²) < 4.78 is 16.2. The molecule has 142 valence electrons. The summed E-state index contributed by atoms with van der Waals surface area (Å²) in [6.45, 7) is 5.20. The highest BCUT2D eigenvalue weighted by Gasteiger charge is 2.36. The molecule has 0 radical (unpaired) electrons. The summed E-state index contributed by atoms with van der Waals surface area (Å²) in [5, 5.41) is 19.6. The lowest BCUT2D eigenvalue weighted by atomic mass is 10.0. The zero-order chi connectivity index (χ0) is 19.1. The summed E-state index contributed by atoms with van der Waals surface area (Å²) in [5.41, 5.74) is 0.856. The van der Waals surface area contributed by atoms with Crippen LogP contribution in [0.4, 0.5) is 0 Å². The number of aliphatic hydroxyl groups is 2. The van der Waals surface area contributed by atoms with Gasteiger partial charge in [-0.1, -0.05) is 18.2 Å². The van der Waals surface area contributed by atoms with Gasteiger partial charge in [-0.25, -0.2) is 4.79 Å². The van der Waals surface area contributed by atoms with E-state index >= 15 is 0 Å². The summed E-state index contributed by atoms with van der Waals surface area (Å²) >= 11 is 0. The summed E-state index contributed by atoms with van der Waals surface area (Å²) in [6, 6.07) is 7.29. The van der Waals surface area contributed by atoms with E-state index in [4.69, 9.17) is 14.2 Å². The van der Waals surface area contributed by atoms with Gasteiger partial charge in [0.15, 0.2) is 0 Å². The summed E-state index contributed by atoms with van der Waals surface area (Å²) in [4.78, 5) is 12.0. The van der Waals surface area contributed by atoms with Crippen molar-refractivity contribution in [2.24, 2.45) is 0 Å². The van der Waals surface area contributed by atoms with Crippen molar-refractivity contribution in [3.05, 3.63) is 48.6 Å². The van der Waals surface area contributed by atoms with Crippen molar-refractivity contribution in [3.8, 4) is 5.75 Å². The molecule has 0 spiro atoms. The number of carbonyl (C=O) groups excluding carboxylic acids is 1. The van der Waals surface area contributed by atoms with Gasteiger partial charge in [-0.2, -0.15) is 0 Å². The van der Waals surface area contributed by atoms with E-state index in [-0.39, 0.29) is 6.10 Å². The number of carbonyl (C=O) groups is 1. The fourth-order valence-electron chi connectivity index (χ4n) is 2.82. The van der Waals surface area contributed by atoms with E-state index < -0.39 is 30.4 Å². The van der Waals surface area contributed by atoms with Gasteiger partial charge in [0.25, 0.3) is 0 Å². The van der Waals surface area contributed by atoms with Crippen LogP contribution in [0.5, 0.6) is 5.75 Å². The number of hydrogen-bond donors (Lipinski definition) is 2. The first-order valence-electron chi connectivity index (χ1n) is 8.61. The van der Waals surface area contributed by atoms with Crippen LogP contribution in [-0.2, 0) is 14.3 Å². The predicted octanol–water partition coefficient (Wildman–Crippen LogP) is 2.10. The Bertz CT molecular complexity index is 624. The smallest absolute Gasteiger partial charge is 0.331 e. The molecule has 1 aromatic carbocycles. The van der Waals surface area contributed by atoms with E-state index in [2.05, 4.69) is 6.58 Å². The summed E-state index contributed by atoms with van der Waals surface area (Å²) in [5.74, 6) is 0.280. The minimum Gasteiger partial charge on any atom is -0.497 e. The highest BCUT2D eigenvalue weighted by atomic mass is 16.6. The van der Waals surface area contributed by atoms with Crippen LogP contribution in [0, 0.1) is 0 Å². The highest BCUT2D eigenvalue weighted by molar-refractivity contribution is 5.87. The molecule has 0 bridgehead atoms. The van der Waals surface area contributed by atoms with Crippen molar-refractivity contribution in [3.63, 3.8) is 0 Å². The van der Waals surface area contributed by atoms with E-state index in [1.807, 2.05) is 24.3 Å².